The standard InChI is InChI=1S/C6H16NO5P/c1-11-13(10,12-2)6-7(5-9)3-4-8/h8-9H,3-6H2,1-2H3. The van der Waals surface area contributed by atoms with Crippen LogP contribution in [0.5, 0.6) is 0 Å². The SMILES string of the molecule is COP(=O)(CN(CO)CCO)OC. The molecular weight excluding hydrogens is 197 g/mol. The average molecular weight is 213 g/mol. The Labute approximate surface area is 77.6 Å². The van der Waals surface area contributed by atoms with Crippen molar-refractivity contribution in [1.82, 2.24) is 4.90 Å². The molecule has 0 aromatic carbocycles. The third-order valence-corrected chi connectivity index (χ3v) is 3.40. The molecule has 0 rings (SSSR count). The number of aliphatic hydroxyl groups is 2. The predicted octanol–water partition coefficient (Wildman–Crippen LogP) is -0.326. The minimum Gasteiger partial charge on any atom is -0.395 e. The van der Waals surface area contributed by atoms with E-state index in [9.17, 15) is 4.57 Å². The van der Waals surface area contributed by atoms with Gasteiger partial charge in [0.15, 0.2) is 0 Å². The van der Waals surface area contributed by atoms with E-state index in [-0.39, 0.29) is 26.2 Å². The van der Waals surface area contributed by atoms with E-state index in [0.29, 0.717) is 0 Å². The highest BCUT2D eigenvalue weighted by Gasteiger charge is 2.24. The second-order valence-corrected chi connectivity index (χ2v) is 4.61. The lowest BCUT2D eigenvalue weighted by atomic mass is 10.6. The first-order valence-corrected chi connectivity index (χ1v) is 5.49. The molecule has 0 aromatic heterocycles. The van der Waals surface area contributed by atoms with Gasteiger partial charge in [-0.2, -0.15) is 0 Å². The van der Waals surface area contributed by atoms with Crippen molar-refractivity contribution in [2.75, 3.05) is 40.4 Å². The topological polar surface area (TPSA) is 79.2 Å². The zero-order chi connectivity index (χ0) is 10.3. The first-order chi connectivity index (χ1) is 6.11. The van der Waals surface area contributed by atoms with Crippen LogP contribution in [0.4, 0.5) is 0 Å². The largest absolute Gasteiger partial charge is 0.395 e. The Morgan fingerprint density at radius 1 is 1.31 bits per heavy atom. The van der Waals surface area contributed by atoms with Crippen LogP contribution in [0.1, 0.15) is 0 Å². The summed E-state index contributed by atoms with van der Waals surface area (Å²) in [6, 6.07) is 0. The van der Waals surface area contributed by atoms with E-state index < -0.39 is 7.60 Å². The molecule has 0 saturated heterocycles. The molecule has 0 aliphatic rings. The van der Waals surface area contributed by atoms with Crippen molar-refractivity contribution in [3.63, 3.8) is 0 Å². The molecule has 0 atom stereocenters. The van der Waals surface area contributed by atoms with Crippen LogP contribution in [0.2, 0.25) is 0 Å². The molecule has 0 unspecified atom stereocenters. The lowest BCUT2D eigenvalue weighted by Gasteiger charge is -2.22. The summed E-state index contributed by atoms with van der Waals surface area (Å²) in [4.78, 5) is 1.37. The molecule has 0 saturated carbocycles. The smallest absolute Gasteiger partial charge is 0.344 e. The maximum atomic E-state index is 11.5. The van der Waals surface area contributed by atoms with E-state index in [4.69, 9.17) is 10.2 Å². The van der Waals surface area contributed by atoms with Crippen molar-refractivity contribution < 1.29 is 23.8 Å². The Bertz CT molecular complexity index is 168. The fourth-order valence-corrected chi connectivity index (χ4v) is 1.86. The molecule has 0 fully saturated rings. The molecule has 0 heterocycles. The monoisotopic (exact) mass is 213 g/mol. The van der Waals surface area contributed by atoms with Crippen molar-refractivity contribution in [3.8, 4) is 0 Å². The number of hydrogen-bond acceptors (Lipinski definition) is 6. The zero-order valence-electron chi connectivity index (χ0n) is 7.84. The Morgan fingerprint density at radius 3 is 2.15 bits per heavy atom. The molecule has 0 aliphatic carbocycles. The molecule has 0 radical (unpaired) electrons. The van der Waals surface area contributed by atoms with Gasteiger partial charge in [-0.15, -0.1) is 0 Å². The van der Waals surface area contributed by atoms with Crippen molar-refractivity contribution in [3.05, 3.63) is 0 Å². The van der Waals surface area contributed by atoms with Crippen LogP contribution in [0.25, 0.3) is 0 Å². The normalized spacial score (nSPS) is 12.4. The number of hydrogen-bond donors (Lipinski definition) is 2. The van der Waals surface area contributed by atoms with Crippen LogP contribution in [-0.2, 0) is 13.6 Å². The molecule has 80 valence electrons. The summed E-state index contributed by atoms with van der Waals surface area (Å²) in [5.41, 5.74) is 0. The quantitative estimate of drug-likeness (QED) is 0.445. The number of aliphatic hydroxyl groups excluding tert-OH is 2. The predicted molar refractivity (Wildman–Crippen MR) is 47.4 cm³/mol. The lowest BCUT2D eigenvalue weighted by Crippen LogP contribution is -2.29. The van der Waals surface area contributed by atoms with Crippen molar-refractivity contribution in [2.45, 2.75) is 0 Å². The summed E-state index contributed by atoms with van der Waals surface area (Å²) in [6.07, 6.45) is -0.0307. The summed E-state index contributed by atoms with van der Waals surface area (Å²) in [7, 11) is -0.576. The highest BCUT2D eigenvalue weighted by atomic mass is 31.2. The Morgan fingerprint density at radius 2 is 1.85 bits per heavy atom. The highest BCUT2D eigenvalue weighted by molar-refractivity contribution is 7.53. The van der Waals surface area contributed by atoms with E-state index >= 15 is 0 Å². The molecule has 6 nitrogen and oxygen atoms in total. The Kier molecular flexibility index (Phi) is 6.49. The molecule has 7 heteroatoms. The van der Waals surface area contributed by atoms with E-state index in [1.807, 2.05) is 0 Å². The summed E-state index contributed by atoms with van der Waals surface area (Å²) < 4.78 is 20.8. The molecule has 13 heavy (non-hydrogen) atoms. The summed E-state index contributed by atoms with van der Waals surface area (Å²) in [6.45, 7) is -0.182. The summed E-state index contributed by atoms with van der Waals surface area (Å²) in [5, 5.41) is 17.4. The Hall–Kier alpha value is 0.0300. The fraction of sp³-hybridized carbons (Fsp3) is 1.00. The minimum absolute atomic E-state index is 0.0307. The van der Waals surface area contributed by atoms with Gasteiger partial charge in [-0.25, -0.2) is 0 Å². The van der Waals surface area contributed by atoms with Gasteiger partial charge in [-0.05, 0) is 0 Å². The van der Waals surface area contributed by atoms with Gasteiger partial charge in [0.25, 0.3) is 0 Å². The maximum Gasteiger partial charge on any atom is 0.344 e. The second-order valence-electron chi connectivity index (χ2n) is 2.38. The van der Waals surface area contributed by atoms with Gasteiger partial charge < -0.3 is 19.3 Å². The third kappa shape index (κ3) is 4.71. The van der Waals surface area contributed by atoms with Gasteiger partial charge in [0.05, 0.1) is 13.3 Å². The molecule has 0 bridgehead atoms. The van der Waals surface area contributed by atoms with Crippen molar-refractivity contribution in [1.29, 1.82) is 0 Å². The lowest BCUT2D eigenvalue weighted by molar-refractivity contribution is 0.0951. The molecule has 0 aromatic rings. The van der Waals surface area contributed by atoms with Gasteiger partial charge in [-0.1, -0.05) is 0 Å². The van der Waals surface area contributed by atoms with E-state index in [1.165, 1.54) is 19.1 Å². The number of rotatable bonds is 7. The van der Waals surface area contributed by atoms with Crippen LogP contribution in [0, 0.1) is 0 Å². The van der Waals surface area contributed by atoms with Gasteiger partial charge in [0.1, 0.15) is 6.29 Å². The molecular formula is C6H16NO5P. The van der Waals surface area contributed by atoms with Crippen LogP contribution in [0.15, 0.2) is 0 Å². The van der Waals surface area contributed by atoms with Gasteiger partial charge in [-0.3, -0.25) is 9.46 Å². The molecule has 0 aliphatic heterocycles. The van der Waals surface area contributed by atoms with Gasteiger partial charge in [0.2, 0.25) is 0 Å². The minimum atomic E-state index is -3.13. The first kappa shape index (κ1) is 13.0. The third-order valence-electron chi connectivity index (χ3n) is 1.55. The van der Waals surface area contributed by atoms with Gasteiger partial charge >= 0.3 is 7.60 Å². The summed E-state index contributed by atoms with van der Waals surface area (Å²) in [5.74, 6) is 0. The molecule has 0 amide bonds. The molecule has 2 N–H and O–H groups in total. The van der Waals surface area contributed by atoms with Crippen LogP contribution in [0.3, 0.4) is 0 Å². The number of nitrogens with zero attached hydrogens (tertiary/aromatic N) is 1. The average Bonchev–Trinajstić information content (AvgIpc) is 2.17. The first-order valence-electron chi connectivity index (χ1n) is 3.76. The van der Waals surface area contributed by atoms with Gasteiger partial charge in [0, 0.05) is 20.8 Å². The Balaban J connectivity index is 4.11. The second kappa shape index (κ2) is 6.48. The molecule has 0 spiro atoms. The van der Waals surface area contributed by atoms with Crippen LogP contribution in [-0.4, -0.2) is 55.5 Å². The van der Waals surface area contributed by atoms with Crippen molar-refractivity contribution in [2.24, 2.45) is 0 Å². The van der Waals surface area contributed by atoms with E-state index in [0.717, 1.165) is 0 Å². The fourth-order valence-electron chi connectivity index (χ4n) is 0.763. The van der Waals surface area contributed by atoms with Crippen molar-refractivity contribution >= 4 is 7.60 Å². The highest BCUT2D eigenvalue weighted by Crippen LogP contribution is 2.46. The van der Waals surface area contributed by atoms with Crippen LogP contribution < -0.4 is 0 Å². The van der Waals surface area contributed by atoms with Crippen LogP contribution >= 0.6 is 7.60 Å². The van der Waals surface area contributed by atoms with E-state index in [2.05, 4.69) is 9.05 Å². The van der Waals surface area contributed by atoms with E-state index in [1.54, 1.807) is 0 Å². The maximum absolute atomic E-state index is 11.5. The zero-order valence-corrected chi connectivity index (χ0v) is 8.74. The summed E-state index contributed by atoms with van der Waals surface area (Å²) >= 11 is 0.